The summed E-state index contributed by atoms with van der Waals surface area (Å²) in [7, 11) is 2.95. The van der Waals surface area contributed by atoms with Gasteiger partial charge >= 0.3 is 6.36 Å². The number of carbonyl (C=O) groups excluding carboxylic acids is 2. The molecule has 0 aliphatic heterocycles. The van der Waals surface area contributed by atoms with Gasteiger partial charge in [0.25, 0.3) is 0 Å². The van der Waals surface area contributed by atoms with Crippen molar-refractivity contribution < 1.29 is 46.1 Å². The summed E-state index contributed by atoms with van der Waals surface area (Å²) in [6.45, 7) is 5.64. The van der Waals surface area contributed by atoms with Crippen molar-refractivity contribution in [2.75, 3.05) is 26.1 Å². The summed E-state index contributed by atoms with van der Waals surface area (Å²) >= 11 is 0. The molecule has 3 aromatic rings. The van der Waals surface area contributed by atoms with Crippen LogP contribution in [0, 0.1) is 12.7 Å². The topological polar surface area (TPSA) is 83.1 Å². The molecule has 0 radical (unpaired) electrons. The molecule has 0 aromatic heterocycles. The van der Waals surface area contributed by atoms with Crippen molar-refractivity contribution in [3.63, 3.8) is 0 Å². The van der Waals surface area contributed by atoms with E-state index in [2.05, 4.69) is 10.1 Å². The molecule has 3 aromatic carbocycles. The lowest BCUT2D eigenvalue weighted by molar-refractivity contribution is -0.274. The number of aldehydes is 1. The zero-order valence-electron chi connectivity index (χ0n) is 24.8. The Bertz CT molecular complexity index is 1350. The lowest BCUT2D eigenvalue weighted by atomic mass is 10.0. The summed E-state index contributed by atoms with van der Waals surface area (Å²) in [6.07, 6.45) is -0.898. The van der Waals surface area contributed by atoms with Gasteiger partial charge in [0.2, 0.25) is 0 Å². The number of Topliss-reactive ketones (excluding diaryl/α,β-unsaturated/α-hetero) is 1. The number of halogens is 4. The average Bonchev–Trinajstić information content (AvgIpc) is 2.95. The summed E-state index contributed by atoms with van der Waals surface area (Å²) in [5.74, 6) is 0.599. The van der Waals surface area contributed by atoms with Gasteiger partial charge < -0.3 is 29.1 Å². The molecule has 1 atom stereocenters. The Hall–Kier alpha value is -4.28. The Morgan fingerprint density at radius 1 is 0.977 bits per heavy atom. The molecule has 7 nitrogen and oxygen atoms in total. The number of nitrogens with one attached hydrogen (secondary N) is 1. The molecule has 11 heteroatoms. The van der Waals surface area contributed by atoms with Gasteiger partial charge in [-0.15, -0.1) is 13.2 Å². The standard InChI is InChI=1S/C21H24FNO5.C11H13F3O/c1-14(25)21(19-7-6-15(22)10-20(19)27-3)23-16-11-17(26-2)13-18(12-16)28-9-5-4-8-24;1-3-4-9-5-6-10(7-8(9)2)15-11(12,13)14/h6-8,10-13,21,23H,4-5,9H2,1-3H3;5-7H,3-4H2,1-2H3. The zero-order valence-corrected chi connectivity index (χ0v) is 24.8. The third-order valence-corrected chi connectivity index (χ3v) is 6.14. The molecule has 0 spiro atoms. The molecular weight excluding hydrogens is 570 g/mol. The van der Waals surface area contributed by atoms with E-state index < -0.39 is 18.2 Å². The highest BCUT2D eigenvalue weighted by atomic mass is 19.4. The number of hydrogen-bond donors (Lipinski definition) is 1. The molecule has 0 bridgehead atoms. The number of unbranched alkanes of at least 4 members (excludes halogenated alkanes) is 1. The first-order valence-electron chi connectivity index (χ1n) is 13.6. The first-order valence-corrected chi connectivity index (χ1v) is 13.6. The van der Waals surface area contributed by atoms with Gasteiger partial charge in [0.15, 0.2) is 5.78 Å². The Kier molecular flexibility index (Phi) is 13.8. The SMILES string of the molecule is CCCc1ccc(OC(F)(F)F)cc1C.COc1cc(NC(C(C)=O)c2ccc(F)cc2OC)cc(OCCCC=O)c1. The minimum atomic E-state index is -4.61. The zero-order chi connectivity index (χ0) is 32.0. The van der Waals surface area contributed by atoms with Crippen LogP contribution in [0.15, 0.2) is 54.6 Å². The summed E-state index contributed by atoms with van der Waals surface area (Å²) in [6, 6.07) is 12.9. The van der Waals surface area contributed by atoms with Crippen molar-refractivity contribution in [1.29, 1.82) is 0 Å². The van der Waals surface area contributed by atoms with Crippen LogP contribution in [0.2, 0.25) is 0 Å². The van der Waals surface area contributed by atoms with E-state index in [-0.39, 0.29) is 17.3 Å². The lowest BCUT2D eigenvalue weighted by Crippen LogP contribution is -2.19. The quantitative estimate of drug-likeness (QED) is 0.114. The van der Waals surface area contributed by atoms with Crippen molar-refractivity contribution in [1.82, 2.24) is 0 Å². The van der Waals surface area contributed by atoms with Crippen LogP contribution in [0.3, 0.4) is 0 Å². The van der Waals surface area contributed by atoms with Gasteiger partial charge in [0.05, 0.1) is 20.8 Å². The van der Waals surface area contributed by atoms with Crippen LogP contribution in [-0.2, 0) is 16.0 Å². The van der Waals surface area contributed by atoms with Gasteiger partial charge in [-0.3, -0.25) is 4.79 Å². The normalized spacial score (nSPS) is 11.5. The van der Waals surface area contributed by atoms with E-state index in [4.69, 9.17) is 14.2 Å². The molecule has 3 rings (SSSR count). The van der Waals surface area contributed by atoms with Gasteiger partial charge in [-0.1, -0.05) is 19.4 Å². The molecule has 0 saturated heterocycles. The van der Waals surface area contributed by atoms with E-state index >= 15 is 0 Å². The predicted octanol–water partition coefficient (Wildman–Crippen LogP) is 7.79. The minimum Gasteiger partial charge on any atom is -0.497 e. The Morgan fingerprint density at radius 3 is 2.28 bits per heavy atom. The molecule has 1 unspecified atom stereocenters. The molecule has 234 valence electrons. The Morgan fingerprint density at radius 2 is 1.70 bits per heavy atom. The predicted molar refractivity (Wildman–Crippen MR) is 156 cm³/mol. The van der Waals surface area contributed by atoms with Crippen molar-refractivity contribution >= 4 is 17.8 Å². The smallest absolute Gasteiger partial charge is 0.497 e. The highest BCUT2D eigenvalue weighted by Gasteiger charge is 2.31. The van der Waals surface area contributed by atoms with E-state index in [0.717, 1.165) is 30.3 Å². The van der Waals surface area contributed by atoms with Gasteiger partial charge in [-0.25, -0.2) is 4.39 Å². The molecule has 43 heavy (non-hydrogen) atoms. The maximum absolute atomic E-state index is 13.5. The van der Waals surface area contributed by atoms with Gasteiger partial charge in [-0.2, -0.15) is 0 Å². The number of aryl methyl sites for hydroxylation is 2. The van der Waals surface area contributed by atoms with Crippen molar-refractivity contribution in [3.8, 4) is 23.0 Å². The van der Waals surface area contributed by atoms with Crippen LogP contribution in [-0.4, -0.2) is 39.3 Å². The third kappa shape index (κ3) is 11.9. The van der Waals surface area contributed by atoms with Gasteiger partial charge in [-0.05, 0) is 62.1 Å². The summed E-state index contributed by atoms with van der Waals surface area (Å²) < 4.78 is 69.2. The fourth-order valence-electron chi connectivity index (χ4n) is 4.12. The van der Waals surface area contributed by atoms with E-state index in [1.54, 1.807) is 31.2 Å². The number of methoxy groups -OCH3 is 2. The van der Waals surface area contributed by atoms with Crippen LogP contribution in [0.25, 0.3) is 0 Å². The number of ether oxygens (including phenoxy) is 4. The highest BCUT2D eigenvalue weighted by Crippen LogP contribution is 2.33. The van der Waals surface area contributed by atoms with Crippen LogP contribution in [0.5, 0.6) is 23.0 Å². The lowest BCUT2D eigenvalue weighted by Gasteiger charge is -2.21. The second-order valence-corrected chi connectivity index (χ2v) is 9.51. The second-order valence-electron chi connectivity index (χ2n) is 9.51. The highest BCUT2D eigenvalue weighted by molar-refractivity contribution is 5.86. The van der Waals surface area contributed by atoms with Gasteiger partial charge in [0.1, 0.15) is 41.1 Å². The number of carbonyl (C=O) groups is 2. The summed E-state index contributed by atoms with van der Waals surface area (Å²) in [5.41, 5.74) is 3.01. The van der Waals surface area contributed by atoms with E-state index in [0.29, 0.717) is 42.2 Å². The summed E-state index contributed by atoms with van der Waals surface area (Å²) in [5, 5.41) is 3.14. The Labute approximate surface area is 249 Å². The largest absolute Gasteiger partial charge is 0.573 e. The average molecular weight is 608 g/mol. The van der Waals surface area contributed by atoms with Crippen LogP contribution in [0.1, 0.15) is 55.8 Å². The maximum Gasteiger partial charge on any atom is 0.573 e. The molecule has 1 N–H and O–H groups in total. The van der Waals surface area contributed by atoms with Crippen molar-refractivity contribution in [2.24, 2.45) is 0 Å². The molecular formula is C32H37F4NO6. The third-order valence-electron chi connectivity index (χ3n) is 6.14. The van der Waals surface area contributed by atoms with Crippen LogP contribution < -0.4 is 24.3 Å². The van der Waals surface area contributed by atoms with E-state index in [1.165, 1.54) is 51.5 Å². The second kappa shape index (κ2) is 17.0. The summed E-state index contributed by atoms with van der Waals surface area (Å²) in [4.78, 5) is 22.7. The maximum atomic E-state index is 13.5. The number of hydrogen-bond acceptors (Lipinski definition) is 7. The first kappa shape index (κ1) is 34.9. The molecule has 0 saturated carbocycles. The Balaban J connectivity index is 0.000000362. The molecule has 0 fully saturated rings. The van der Waals surface area contributed by atoms with Crippen LogP contribution >= 0.6 is 0 Å². The molecule has 0 heterocycles. The van der Waals surface area contributed by atoms with E-state index in [9.17, 15) is 27.2 Å². The molecule has 0 aliphatic rings. The van der Waals surface area contributed by atoms with Crippen LogP contribution in [0.4, 0.5) is 23.2 Å². The number of benzene rings is 3. The van der Waals surface area contributed by atoms with Gasteiger partial charge in [0, 0.05) is 41.9 Å². The molecule has 0 aliphatic carbocycles. The molecule has 0 amide bonds. The van der Waals surface area contributed by atoms with Crippen molar-refractivity contribution in [2.45, 2.75) is 58.9 Å². The number of rotatable bonds is 14. The number of anilines is 1. The number of ketones is 1. The first-order chi connectivity index (χ1) is 20.4. The van der Waals surface area contributed by atoms with Crippen molar-refractivity contribution in [3.05, 3.63) is 77.1 Å². The monoisotopic (exact) mass is 607 g/mol. The fourth-order valence-corrected chi connectivity index (χ4v) is 4.12. The number of alkyl halides is 3. The fraction of sp³-hybridized carbons (Fsp3) is 0.375. The minimum absolute atomic E-state index is 0.153. The van der Waals surface area contributed by atoms with E-state index in [1.807, 2.05) is 6.92 Å².